The van der Waals surface area contributed by atoms with E-state index in [2.05, 4.69) is 16.4 Å². The van der Waals surface area contributed by atoms with Crippen LogP contribution in [0, 0.1) is 17.2 Å². The molecule has 1 amide bonds. The van der Waals surface area contributed by atoms with E-state index >= 15 is 0 Å². The number of nitrogens with zero attached hydrogens (tertiary/aromatic N) is 2. The van der Waals surface area contributed by atoms with Crippen LogP contribution in [0.3, 0.4) is 0 Å². The Morgan fingerprint density at radius 3 is 2.48 bits per heavy atom. The van der Waals surface area contributed by atoms with Gasteiger partial charge in [-0.15, -0.1) is 11.8 Å². The van der Waals surface area contributed by atoms with E-state index in [4.69, 9.17) is 11.6 Å². The van der Waals surface area contributed by atoms with Crippen molar-refractivity contribution in [2.75, 3.05) is 11.6 Å². The van der Waals surface area contributed by atoms with Crippen LogP contribution in [0.25, 0.3) is 0 Å². The third-order valence-corrected chi connectivity index (χ3v) is 5.52. The molecule has 27 heavy (non-hydrogen) atoms. The zero-order valence-electron chi connectivity index (χ0n) is 14.9. The molecule has 0 saturated heterocycles. The molecule has 4 nitrogen and oxygen atoms in total. The Bertz CT molecular complexity index is 963. The predicted octanol–water partition coefficient (Wildman–Crippen LogP) is 5.25. The number of hydrogen-bond acceptors (Lipinski definition) is 4. The molecule has 0 radical (unpaired) electrons. The minimum atomic E-state index is -0.615. The van der Waals surface area contributed by atoms with Crippen molar-refractivity contribution in [3.63, 3.8) is 0 Å². The Hall–Kier alpha value is -2.55. The molecule has 2 aromatic rings. The molecule has 2 atom stereocenters. The van der Waals surface area contributed by atoms with Gasteiger partial charge in [-0.3, -0.25) is 4.79 Å². The number of carbonyl (C=O) groups excluding carboxylic acids is 1. The normalized spacial score (nSPS) is 19.3. The number of halogens is 1. The summed E-state index contributed by atoms with van der Waals surface area (Å²) in [5.41, 5.74) is 2.59. The molecule has 0 spiro atoms. The van der Waals surface area contributed by atoms with E-state index in [0.717, 1.165) is 5.56 Å². The highest BCUT2D eigenvalue weighted by Gasteiger charge is 2.40. The van der Waals surface area contributed by atoms with E-state index in [9.17, 15) is 10.1 Å². The minimum Gasteiger partial charge on any atom is -0.325 e. The van der Waals surface area contributed by atoms with Crippen molar-refractivity contribution in [3.8, 4) is 6.07 Å². The molecule has 1 aliphatic heterocycles. The van der Waals surface area contributed by atoms with Gasteiger partial charge in [-0.1, -0.05) is 48.0 Å². The average Bonchev–Trinajstić information content (AvgIpc) is 2.68. The summed E-state index contributed by atoms with van der Waals surface area (Å²) < 4.78 is 0. The summed E-state index contributed by atoms with van der Waals surface area (Å²) in [5.74, 6) is -1.30. The van der Waals surface area contributed by atoms with E-state index in [-0.39, 0.29) is 5.91 Å². The fraction of sp³-hybridized carbons (Fsp3) is 0.190. The largest absolute Gasteiger partial charge is 0.325 e. The standard InChI is InChI=1S/C21H18ClN3OS/c1-13-18(20(26)25-14-8-4-3-5-9-14)19(15-10-6-7-11-17(15)22)16(12-23)21(24-13)27-2/h3-11,18-19H,1-2H3,(H,25,26)/t18?,19-/m1/s1. The first-order valence-corrected chi connectivity index (χ1v) is 10.0. The second kappa shape index (κ2) is 8.43. The van der Waals surface area contributed by atoms with E-state index < -0.39 is 11.8 Å². The van der Waals surface area contributed by atoms with Crippen LogP contribution in [0.15, 0.2) is 70.2 Å². The lowest BCUT2D eigenvalue weighted by Crippen LogP contribution is -2.36. The maximum absolute atomic E-state index is 13.2. The van der Waals surface area contributed by atoms with Gasteiger partial charge in [0.1, 0.15) is 5.03 Å². The Morgan fingerprint density at radius 1 is 1.19 bits per heavy atom. The Balaban J connectivity index is 2.09. The van der Waals surface area contributed by atoms with Gasteiger partial charge < -0.3 is 5.32 Å². The highest BCUT2D eigenvalue weighted by atomic mass is 35.5. The summed E-state index contributed by atoms with van der Waals surface area (Å²) in [6.45, 7) is 1.82. The number of allylic oxidation sites excluding steroid dienone is 1. The number of thioether (sulfide) groups is 1. The van der Waals surface area contributed by atoms with Crippen molar-refractivity contribution in [1.29, 1.82) is 5.26 Å². The maximum Gasteiger partial charge on any atom is 0.234 e. The molecule has 0 aromatic heterocycles. The molecule has 1 unspecified atom stereocenters. The van der Waals surface area contributed by atoms with Gasteiger partial charge in [0.15, 0.2) is 0 Å². The van der Waals surface area contributed by atoms with Gasteiger partial charge in [0.05, 0.1) is 17.6 Å². The maximum atomic E-state index is 13.2. The molecule has 0 bridgehead atoms. The molecule has 2 aromatic carbocycles. The van der Waals surface area contributed by atoms with E-state index in [0.29, 0.717) is 27.0 Å². The van der Waals surface area contributed by atoms with Crippen LogP contribution in [0.2, 0.25) is 5.02 Å². The Kier molecular flexibility index (Phi) is 6.00. The fourth-order valence-corrected chi connectivity index (χ4v) is 4.13. The number of benzene rings is 2. The molecule has 136 valence electrons. The molecular formula is C21H18ClN3OS. The quantitative estimate of drug-likeness (QED) is 0.768. The first kappa shape index (κ1) is 19.2. The summed E-state index contributed by atoms with van der Waals surface area (Å²) >= 11 is 7.84. The number of nitriles is 1. The summed E-state index contributed by atoms with van der Waals surface area (Å²) in [4.78, 5) is 17.7. The van der Waals surface area contributed by atoms with Crippen molar-refractivity contribution >= 4 is 40.7 Å². The zero-order valence-corrected chi connectivity index (χ0v) is 16.5. The molecule has 3 rings (SSSR count). The lowest BCUT2D eigenvalue weighted by Gasteiger charge is -2.31. The number of rotatable bonds is 4. The highest BCUT2D eigenvalue weighted by molar-refractivity contribution is 8.02. The van der Waals surface area contributed by atoms with Crippen LogP contribution in [0.5, 0.6) is 0 Å². The third-order valence-electron chi connectivity index (χ3n) is 4.48. The number of nitrogens with one attached hydrogen (secondary N) is 1. The zero-order chi connectivity index (χ0) is 19.4. The van der Waals surface area contributed by atoms with Crippen molar-refractivity contribution in [2.45, 2.75) is 12.8 Å². The van der Waals surface area contributed by atoms with Crippen LogP contribution in [-0.4, -0.2) is 17.9 Å². The van der Waals surface area contributed by atoms with Gasteiger partial charge in [-0.25, -0.2) is 4.99 Å². The molecule has 0 saturated carbocycles. The lowest BCUT2D eigenvalue weighted by atomic mass is 9.76. The van der Waals surface area contributed by atoms with Crippen molar-refractivity contribution in [1.82, 2.24) is 0 Å². The summed E-state index contributed by atoms with van der Waals surface area (Å²) in [6.07, 6.45) is 1.87. The van der Waals surface area contributed by atoms with Crippen molar-refractivity contribution in [3.05, 3.63) is 75.8 Å². The summed E-state index contributed by atoms with van der Waals surface area (Å²) in [6, 6.07) is 18.8. The monoisotopic (exact) mass is 395 g/mol. The average molecular weight is 396 g/mol. The van der Waals surface area contributed by atoms with Gasteiger partial charge in [0.25, 0.3) is 0 Å². The van der Waals surface area contributed by atoms with Crippen LogP contribution in [0.1, 0.15) is 18.4 Å². The second-order valence-electron chi connectivity index (χ2n) is 6.12. The molecule has 0 aliphatic carbocycles. The smallest absolute Gasteiger partial charge is 0.234 e. The SMILES string of the molecule is CSC1=C(C#N)[C@@H](c2ccccc2Cl)C(C(=O)Nc2ccccc2)C(C)=N1. The van der Waals surface area contributed by atoms with E-state index in [1.165, 1.54) is 11.8 Å². The summed E-state index contributed by atoms with van der Waals surface area (Å²) in [7, 11) is 0. The van der Waals surface area contributed by atoms with Gasteiger partial charge in [0, 0.05) is 22.3 Å². The van der Waals surface area contributed by atoms with E-state index in [1.54, 1.807) is 6.07 Å². The van der Waals surface area contributed by atoms with Gasteiger partial charge >= 0.3 is 0 Å². The van der Waals surface area contributed by atoms with Crippen LogP contribution in [0.4, 0.5) is 5.69 Å². The Morgan fingerprint density at radius 2 is 1.85 bits per heavy atom. The van der Waals surface area contributed by atoms with Gasteiger partial charge in [0.2, 0.25) is 5.91 Å². The molecular weight excluding hydrogens is 378 g/mol. The van der Waals surface area contributed by atoms with Crippen molar-refractivity contribution in [2.24, 2.45) is 10.9 Å². The third kappa shape index (κ3) is 3.92. The number of carbonyl (C=O) groups is 1. The van der Waals surface area contributed by atoms with Crippen molar-refractivity contribution < 1.29 is 4.79 Å². The molecule has 1 aliphatic rings. The van der Waals surface area contributed by atoms with Gasteiger partial charge in [-0.05, 0) is 36.9 Å². The molecule has 6 heteroatoms. The number of para-hydroxylation sites is 1. The molecule has 1 heterocycles. The number of aliphatic imine (C=N–C) groups is 1. The van der Waals surface area contributed by atoms with Crippen LogP contribution in [-0.2, 0) is 4.79 Å². The highest BCUT2D eigenvalue weighted by Crippen LogP contribution is 2.43. The molecule has 1 N–H and O–H groups in total. The number of anilines is 1. The Labute approximate surface area is 168 Å². The fourth-order valence-electron chi connectivity index (χ4n) is 3.25. The summed E-state index contributed by atoms with van der Waals surface area (Å²) in [5, 5.41) is 13.9. The van der Waals surface area contributed by atoms with E-state index in [1.807, 2.05) is 61.7 Å². The first-order chi connectivity index (χ1) is 13.1. The lowest BCUT2D eigenvalue weighted by molar-refractivity contribution is -0.118. The number of amides is 1. The molecule has 0 fully saturated rings. The predicted molar refractivity (Wildman–Crippen MR) is 112 cm³/mol. The number of hydrogen-bond donors (Lipinski definition) is 1. The topological polar surface area (TPSA) is 65.2 Å². The van der Waals surface area contributed by atoms with Gasteiger partial charge in [-0.2, -0.15) is 5.26 Å². The second-order valence-corrected chi connectivity index (χ2v) is 7.32. The van der Waals surface area contributed by atoms with Crippen LogP contribution < -0.4 is 5.32 Å². The minimum absolute atomic E-state index is 0.208. The van der Waals surface area contributed by atoms with Crippen LogP contribution >= 0.6 is 23.4 Å². The first-order valence-electron chi connectivity index (χ1n) is 8.40.